The van der Waals surface area contributed by atoms with E-state index in [4.69, 9.17) is 0 Å². The average Bonchev–Trinajstić information content (AvgIpc) is 1.87. The Labute approximate surface area is 65.3 Å². The van der Waals surface area contributed by atoms with E-state index in [9.17, 15) is 0 Å². The zero-order valence-corrected chi connectivity index (χ0v) is 7.72. The monoisotopic (exact) mass is 140 g/mol. The maximum atomic E-state index is 2.33. The molecule has 0 radical (unpaired) electrons. The Balaban J connectivity index is 3.72. The zero-order chi connectivity index (χ0) is 7.98. The third kappa shape index (κ3) is 3.71. The van der Waals surface area contributed by atoms with Gasteiger partial charge in [0.05, 0.1) is 0 Å². The minimum absolute atomic E-state index is 0.801. The molecule has 0 N–H and O–H groups in total. The Morgan fingerprint density at radius 3 is 2.20 bits per heavy atom. The van der Waals surface area contributed by atoms with Crippen LogP contribution in [0.3, 0.4) is 0 Å². The standard InChI is InChI=1S/C10H20/c1-5-7-10(8-6-2)9(3)4/h5,7,9-10H,6,8H2,1-4H3/b7-5+. The van der Waals surface area contributed by atoms with Gasteiger partial charge in [-0.3, -0.25) is 0 Å². The molecule has 1 unspecified atom stereocenters. The molecule has 0 aromatic rings. The minimum Gasteiger partial charge on any atom is -0.0914 e. The second-order valence-electron chi connectivity index (χ2n) is 3.22. The summed E-state index contributed by atoms with van der Waals surface area (Å²) >= 11 is 0. The van der Waals surface area contributed by atoms with Crippen molar-refractivity contribution in [3.05, 3.63) is 12.2 Å². The molecule has 0 aliphatic rings. The highest BCUT2D eigenvalue weighted by molar-refractivity contribution is 4.86. The molecule has 0 aliphatic heterocycles. The quantitative estimate of drug-likeness (QED) is 0.523. The van der Waals surface area contributed by atoms with E-state index >= 15 is 0 Å². The van der Waals surface area contributed by atoms with Gasteiger partial charge >= 0.3 is 0 Å². The van der Waals surface area contributed by atoms with Crippen LogP contribution in [0.5, 0.6) is 0 Å². The first-order valence-corrected chi connectivity index (χ1v) is 4.35. The average molecular weight is 140 g/mol. The second-order valence-corrected chi connectivity index (χ2v) is 3.22. The minimum atomic E-state index is 0.801. The van der Waals surface area contributed by atoms with Crippen LogP contribution in [0.15, 0.2) is 12.2 Å². The predicted octanol–water partition coefficient (Wildman–Crippen LogP) is 3.63. The van der Waals surface area contributed by atoms with E-state index in [0.29, 0.717) is 0 Å². The maximum absolute atomic E-state index is 2.33. The molecule has 1 atom stereocenters. The molecule has 0 spiro atoms. The molecule has 0 fully saturated rings. The van der Waals surface area contributed by atoms with Crippen molar-refractivity contribution < 1.29 is 0 Å². The predicted molar refractivity (Wildman–Crippen MR) is 48.1 cm³/mol. The second kappa shape index (κ2) is 5.52. The van der Waals surface area contributed by atoms with Crippen LogP contribution in [-0.4, -0.2) is 0 Å². The molecule has 0 heteroatoms. The third-order valence-corrected chi connectivity index (χ3v) is 1.92. The number of hydrogen-bond donors (Lipinski definition) is 0. The van der Waals surface area contributed by atoms with Gasteiger partial charge in [0, 0.05) is 0 Å². The molecule has 60 valence electrons. The molecular weight excluding hydrogens is 120 g/mol. The van der Waals surface area contributed by atoms with Crippen molar-refractivity contribution in [1.29, 1.82) is 0 Å². The van der Waals surface area contributed by atoms with Gasteiger partial charge in [-0.15, -0.1) is 0 Å². The van der Waals surface area contributed by atoms with Crippen molar-refractivity contribution in [2.45, 2.75) is 40.5 Å². The fourth-order valence-electron chi connectivity index (χ4n) is 1.23. The summed E-state index contributed by atoms with van der Waals surface area (Å²) in [6.45, 7) is 8.94. The largest absolute Gasteiger partial charge is 0.0914 e. The summed E-state index contributed by atoms with van der Waals surface area (Å²) in [6, 6.07) is 0. The van der Waals surface area contributed by atoms with E-state index in [1.165, 1.54) is 12.8 Å². The topological polar surface area (TPSA) is 0 Å². The lowest BCUT2D eigenvalue weighted by Gasteiger charge is -2.14. The Bertz CT molecular complexity index is 90.2. The summed E-state index contributed by atoms with van der Waals surface area (Å²) < 4.78 is 0. The van der Waals surface area contributed by atoms with Gasteiger partial charge in [0.1, 0.15) is 0 Å². The molecule has 10 heavy (non-hydrogen) atoms. The molecule has 0 rings (SSSR count). The first-order chi connectivity index (χ1) is 4.72. The summed E-state index contributed by atoms with van der Waals surface area (Å²) in [5, 5.41) is 0. The van der Waals surface area contributed by atoms with Gasteiger partial charge in [0.2, 0.25) is 0 Å². The van der Waals surface area contributed by atoms with E-state index < -0.39 is 0 Å². The van der Waals surface area contributed by atoms with Crippen molar-refractivity contribution in [3.8, 4) is 0 Å². The van der Waals surface area contributed by atoms with Gasteiger partial charge in [0.25, 0.3) is 0 Å². The lowest BCUT2D eigenvalue weighted by Crippen LogP contribution is -2.04. The molecule has 0 amide bonds. The van der Waals surface area contributed by atoms with Crippen molar-refractivity contribution >= 4 is 0 Å². The van der Waals surface area contributed by atoms with Crippen molar-refractivity contribution in [2.24, 2.45) is 11.8 Å². The van der Waals surface area contributed by atoms with Crippen molar-refractivity contribution in [3.63, 3.8) is 0 Å². The summed E-state index contributed by atoms with van der Waals surface area (Å²) in [5.41, 5.74) is 0. The summed E-state index contributed by atoms with van der Waals surface area (Å²) in [5.74, 6) is 1.60. The van der Waals surface area contributed by atoms with Crippen LogP contribution >= 0.6 is 0 Å². The highest BCUT2D eigenvalue weighted by Gasteiger charge is 2.06. The fourth-order valence-corrected chi connectivity index (χ4v) is 1.23. The molecule has 0 aromatic heterocycles. The molecular formula is C10H20. The molecule has 0 aliphatic carbocycles. The van der Waals surface area contributed by atoms with E-state index in [-0.39, 0.29) is 0 Å². The maximum Gasteiger partial charge on any atom is -0.0211 e. The van der Waals surface area contributed by atoms with Gasteiger partial charge in [-0.25, -0.2) is 0 Å². The molecule has 0 nitrogen and oxygen atoms in total. The molecule has 0 saturated carbocycles. The molecule has 0 saturated heterocycles. The van der Waals surface area contributed by atoms with Crippen LogP contribution in [0.4, 0.5) is 0 Å². The Morgan fingerprint density at radius 2 is 1.90 bits per heavy atom. The van der Waals surface area contributed by atoms with Crippen LogP contribution in [-0.2, 0) is 0 Å². The van der Waals surface area contributed by atoms with Crippen molar-refractivity contribution in [1.82, 2.24) is 0 Å². The molecule has 0 aromatic carbocycles. The van der Waals surface area contributed by atoms with E-state index in [0.717, 1.165) is 11.8 Å². The van der Waals surface area contributed by atoms with Gasteiger partial charge in [-0.2, -0.15) is 0 Å². The SMILES string of the molecule is C/C=C/C(CCC)C(C)C. The van der Waals surface area contributed by atoms with E-state index in [2.05, 4.69) is 39.8 Å². The normalized spacial score (nSPS) is 14.9. The fraction of sp³-hybridized carbons (Fsp3) is 0.800. The van der Waals surface area contributed by atoms with Crippen LogP contribution in [0, 0.1) is 11.8 Å². The first kappa shape index (κ1) is 9.74. The number of allylic oxidation sites excluding steroid dienone is 2. The van der Waals surface area contributed by atoms with Crippen LogP contribution < -0.4 is 0 Å². The Kier molecular flexibility index (Phi) is 5.38. The highest BCUT2D eigenvalue weighted by Crippen LogP contribution is 2.17. The summed E-state index contributed by atoms with van der Waals surface area (Å²) in [4.78, 5) is 0. The molecule has 0 heterocycles. The smallest absolute Gasteiger partial charge is 0.0211 e. The van der Waals surface area contributed by atoms with Gasteiger partial charge in [-0.05, 0) is 25.2 Å². The van der Waals surface area contributed by atoms with Crippen LogP contribution in [0.25, 0.3) is 0 Å². The molecule has 0 bridgehead atoms. The van der Waals surface area contributed by atoms with Crippen LogP contribution in [0.1, 0.15) is 40.5 Å². The van der Waals surface area contributed by atoms with Crippen LogP contribution in [0.2, 0.25) is 0 Å². The first-order valence-electron chi connectivity index (χ1n) is 4.35. The number of hydrogen-bond acceptors (Lipinski definition) is 0. The Hall–Kier alpha value is -0.260. The van der Waals surface area contributed by atoms with Gasteiger partial charge < -0.3 is 0 Å². The van der Waals surface area contributed by atoms with E-state index in [1.807, 2.05) is 0 Å². The Morgan fingerprint density at radius 1 is 1.30 bits per heavy atom. The lowest BCUT2D eigenvalue weighted by atomic mass is 9.91. The van der Waals surface area contributed by atoms with Gasteiger partial charge in [-0.1, -0.05) is 39.3 Å². The number of rotatable bonds is 4. The van der Waals surface area contributed by atoms with Crippen molar-refractivity contribution in [2.75, 3.05) is 0 Å². The lowest BCUT2D eigenvalue weighted by molar-refractivity contribution is 0.432. The summed E-state index contributed by atoms with van der Waals surface area (Å²) in [6.07, 6.45) is 7.13. The third-order valence-electron chi connectivity index (χ3n) is 1.92. The zero-order valence-electron chi connectivity index (χ0n) is 7.72. The van der Waals surface area contributed by atoms with E-state index in [1.54, 1.807) is 0 Å². The van der Waals surface area contributed by atoms with Gasteiger partial charge in [0.15, 0.2) is 0 Å². The summed E-state index contributed by atoms with van der Waals surface area (Å²) in [7, 11) is 0. The highest BCUT2D eigenvalue weighted by atomic mass is 14.1.